The maximum absolute atomic E-state index is 11.8. The van der Waals surface area contributed by atoms with E-state index < -0.39 is 0 Å². The summed E-state index contributed by atoms with van der Waals surface area (Å²) in [5, 5.41) is 7.31. The molecule has 6 heteroatoms. The molecule has 3 aromatic rings. The Hall–Kier alpha value is -1.50. The summed E-state index contributed by atoms with van der Waals surface area (Å²) in [7, 11) is 0. The third-order valence-electron chi connectivity index (χ3n) is 2.91. The van der Waals surface area contributed by atoms with E-state index in [9.17, 15) is 4.79 Å². The summed E-state index contributed by atoms with van der Waals surface area (Å²) in [5.41, 5.74) is 0.718. The normalized spacial score (nSPS) is 12.9. The molecule has 0 radical (unpaired) electrons. The number of hydrogen-bond acceptors (Lipinski definition) is 5. The molecule has 0 fully saturated rings. The van der Waals surface area contributed by atoms with Gasteiger partial charge in [-0.15, -0.1) is 22.7 Å². The van der Waals surface area contributed by atoms with Gasteiger partial charge < -0.3 is 10.3 Å². The molecule has 0 spiro atoms. The Kier molecular flexibility index (Phi) is 3.46. The first-order chi connectivity index (χ1) is 9.24. The summed E-state index contributed by atoms with van der Waals surface area (Å²) < 4.78 is 0.690. The summed E-state index contributed by atoms with van der Waals surface area (Å²) in [4.78, 5) is 20.4. The average Bonchev–Trinajstić information content (AvgIpc) is 3.06. The van der Waals surface area contributed by atoms with Crippen molar-refractivity contribution >= 4 is 32.9 Å². The van der Waals surface area contributed by atoms with Crippen LogP contribution in [0.4, 0.5) is 0 Å². The number of H-pyrrole nitrogens is 1. The van der Waals surface area contributed by atoms with Gasteiger partial charge in [-0.1, -0.05) is 6.07 Å². The van der Waals surface area contributed by atoms with Crippen LogP contribution < -0.4 is 10.9 Å². The second-order valence-electron chi connectivity index (χ2n) is 4.27. The van der Waals surface area contributed by atoms with Gasteiger partial charge in [-0.2, -0.15) is 0 Å². The van der Waals surface area contributed by atoms with Crippen molar-refractivity contribution in [1.29, 1.82) is 0 Å². The van der Waals surface area contributed by atoms with Crippen LogP contribution in [0.15, 0.2) is 33.8 Å². The second kappa shape index (κ2) is 5.24. The first-order valence-corrected chi connectivity index (χ1v) is 7.73. The van der Waals surface area contributed by atoms with Crippen molar-refractivity contribution in [3.05, 3.63) is 50.0 Å². The molecule has 3 aromatic heterocycles. The number of thiophene rings is 2. The van der Waals surface area contributed by atoms with Crippen LogP contribution in [0.1, 0.15) is 23.7 Å². The minimum absolute atomic E-state index is 0.0550. The van der Waals surface area contributed by atoms with Gasteiger partial charge in [0, 0.05) is 10.9 Å². The van der Waals surface area contributed by atoms with Crippen molar-refractivity contribution in [3.8, 4) is 0 Å². The Labute approximate surface area is 118 Å². The van der Waals surface area contributed by atoms with Crippen LogP contribution in [-0.4, -0.2) is 9.97 Å². The number of nitrogens with zero attached hydrogens (tertiary/aromatic N) is 1. The van der Waals surface area contributed by atoms with Crippen LogP contribution in [0.2, 0.25) is 0 Å². The molecule has 98 valence electrons. The van der Waals surface area contributed by atoms with E-state index in [1.807, 2.05) is 17.5 Å². The van der Waals surface area contributed by atoms with Crippen LogP contribution >= 0.6 is 22.7 Å². The van der Waals surface area contributed by atoms with Crippen LogP contribution in [-0.2, 0) is 6.54 Å². The van der Waals surface area contributed by atoms with Crippen LogP contribution in [0.5, 0.6) is 0 Å². The van der Waals surface area contributed by atoms with Crippen LogP contribution in [0.25, 0.3) is 10.2 Å². The lowest BCUT2D eigenvalue weighted by Crippen LogP contribution is -2.21. The number of hydrogen-bond donors (Lipinski definition) is 2. The topological polar surface area (TPSA) is 57.8 Å². The first-order valence-electron chi connectivity index (χ1n) is 5.97. The number of aromatic nitrogens is 2. The van der Waals surface area contributed by atoms with Crippen molar-refractivity contribution < 1.29 is 0 Å². The van der Waals surface area contributed by atoms with Gasteiger partial charge in [0.05, 0.1) is 12.1 Å². The maximum Gasteiger partial charge on any atom is 0.268 e. The highest BCUT2D eigenvalue weighted by Crippen LogP contribution is 2.18. The van der Waals surface area contributed by atoms with E-state index in [4.69, 9.17) is 0 Å². The molecular weight excluding hydrogens is 278 g/mol. The highest BCUT2D eigenvalue weighted by molar-refractivity contribution is 7.17. The summed E-state index contributed by atoms with van der Waals surface area (Å²) >= 11 is 3.14. The zero-order chi connectivity index (χ0) is 13.2. The van der Waals surface area contributed by atoms with Crippen molar-refractivity contribution in [2.45, 2.75) is 19.5 Å². The molecule has 0 aliphatic carbocycles. The van der Waals surface area contributed by atoms with E-state index in [1.54, 1.807) is 11.3 Å². The predicted molar refractivity (Wildman–Crippen MR) is 79.8 cm³/mol. The van der Waals surface area contributed by atoms with Crippen molar-refractivity contribution in [3.63, 3.8) is 0 Å². The highest BCUT2D eigenvalue weighted by atomic mass is 32.1. The lowest BCUT2D eigenvalue weighted by molar-refractivity contribution is 0.567. The molecule has 0 saturated carbocycles. The van der Waals surface area contributed by atoms with Gasteiger partial charge in [-0.05, 0) is 29.8 Å². The molecule has 3 heterocycles. The third kappa shape index (κ3) is 2.60. The van der Waals surface area contributed by atoms with Crippen LogP contribution in [0.3, 0.4) is 0 Å². The Morgan fingerprint density at radius 2 is 2.26 bits per heavy atom. The van der Waals surface area contributed by atoms with Gasteiger partial charge in [-0.3, -0.25) is 4.79 Å². The summed E-state index contributed by atoms with van der Waals surface area (Å²) in [6, 6.07) is 6.26. The molecule has 0 aromatic carbocycles. The molecule has 4 nitrogen and oxygen atoms in total. The molecule has 0 aliphatic heterocycles. The zero-order valence-electron chi connectivity index (χ0n) is 10.3. The molecule has 19 heavy (non-hydrogen) atoms. The number of nitrogens with one attached hydrogen (secondary N) is 2. The highest BCUT2D eigenvalue weighted by Gasteiger charge is 2.08. The second-order valence-corrected chi connectivity index (χ2v) is 6.16. The van der Waals surface area contributed by atoms with Gasteiger partial charge in [0.1, 0.15) is 10.5 Å². The fraction of sp³-hybridized carbons (Fsp3) is 0.231. The SMILES string of the molecule is C[C@H](NCc1nc2ccsc2c(=O)[nH]1)c1cccs1. The fourth-order valence-corrected chi connectivity index (χ4v) is 3.38. The first kappa shape index (κ1) is 12.5. The van der Waals surface area contributed by atoms with Gasteiger partial charge in [-0.25, -0.2) is 4.98 Å². The molecular formula is C13H13N3OS2. The Bertz CT molecular complexity index is 730. The number of aromatic amines is 1. The smallest absolute Gasteiger partial charge is 0.268 e. The average molecular weight is 291 g/mol. The van der Waals surface area contributed by atoms with E-state index in [0.717, 1.165) is 5.52 Å². The quantitative estimate of drug-likeness (QED) is 0.777. The molecule has 1 atom stereocenters. The molecule has 2 N–H and O–H groups in total. The maximum atomic E-state index is 11.8. The minimum atomic E-state index is -0.0550. The monoisotopic (exact) mass is 291 g/mol. The van der Waals surface area contributed by atoms with Gasteiger partial charge in [0.15, 0.2) is 0 Å². The largest absolute Gasteiger partial charge is 0.308 e. The van der Waals surface area contributed by atoms with E-state index in [2.05, 4.69) is 33.7 Å². The van der Waals surface area contributed by atoms with Gasteiger partial charge >= 0.3 is 0 Å². The summed E-state index contributed by atoms with van der Waals surface area (Å²) in [6.07, 6.45) is 0. The lowest BCUT2D eigenvalue weighted by Gasteiger charge is -2.11. The molecule has 0 unspecified atom stereocenters. The van der Waals surface area contributed by atoms with E-state index in [0.29, 0.717) is 17.1 Å². The molecule has 0 aliphatic rings. The summed E-state index contributed by atoms with van der Waals surface area (Å²) in [6.45, 7) is 2.66. The Morgan fingerprint density at radius 3 is 3.05 bits per heavy atom. The van der Waals surface area contributed by atoms with Crippen molar-refractivity contribution in [2.24, 2.45) is 0 Å². The fourth-order valence-electron chi connectivity index (χ4n) is 1.89. The van der Waals surface area contributed by atoms with E-state index in [-0.39, 0.29) is 11.6 Å². The van der Waals surface area contributed by atoms with Crippen molar-refractivity contribution in [2.75, 3.05) is 0 Å². The molecule has 0 amide bonds. The van der Waals surface area contributed by atoms with E-state index in [1.165, 1.54) is 16.2 Å². The standard InChI is InChI=1S/C13H13N3OS2/c1-8(10-3-2-5-18-10)14-7-11-15-9-4-6-19-12(9)13(17)16-11/h2-6,8,14H,7H2,1H3,(H,15,16,17)/t8-/m0/s1. The third-order valence-corrected chi connectivity index (χ3v) is 4.87. The number of rotatable bonds is 4. The minimum Gasteiger partial charge on any atom is -0.308 e. The molecule has 3 rings (SSSR count). The van der Waals surface area contributed by atoms with Crippen LogP contribution in [0, 0.1) is 0 Å². The van der Waals surface area contributed by atoms with Crippen molar-refractivity contribution in [1.82, 2.24) is 15.3 Å². The van der Waals surface area contributed by atoms with Gasteiger partial charge in [0.25, 0.3) is 5.56 Å². The lowest BCUT2D eigenvalue weighted by atomic mass is 10.3. The predicted octanol–water partition coefficient (Wildman–Crippen LogP) is 2.90. The van der Waals surface area contributed by atoms with Gasteiger partial charge in [0.2, 0.25) is 0 Å². The molecule has 0 bridgehead atoms. The Morgan fingerprint density at radius 1 is 1.37 bits per heavy atom. The van der Waals surface area contributed by atoms with E-state index >= 15 is 0 Å². The zero-order valence-corrected chi connectivity index (χ0v) is 12.0. The number of fused-ring (bicyclic) bond motifs is 1. The Balaban J connectivity index is 1.76. The molecule has 0 saturated heterocycles. The summed E-state index contributed by atoms with van der Waals surface area (Å²) in [5.74, 6) is 0.680.